The second-order valence-electron chi connectivity index (χ2n) is 5.89. The predicted molar refractivity (Wildman–Crippen MR) is 105 cm³/mol. The van der Waals surface area contributed by atoms with Gasteiger partial charge in [-0.05, 0) is 58.9 Å². The molecule has 0 amide bonds. The molecule has 0 unspecified atom stereocenters. The smallest absolute Gasteiger partial charge is 0.0406 e. The fraction of sp³-hybridized carbons (Fsp3) is 0.130. The minimum atomic E-state index is 0.764. The lowest BCUT2D eigenvalue weighted by molar-refractivity contribution is 1.22. The average molecular weight is 333 g/mol. The zero-order valence-electron chi connectivity index (χ0n) is 14.1. The first-order chi connectivity index (χ1) is 11.7. The van der Waals surface area contributed by atoms with Crippen molar-refractivity contribution in [3.8, 4) is 0 Å². The Bertz CT molecular complexity index is 843. The van der Waals surface area contributed by atoms with Crippen molar-refractivity contribution in [1.82, 2.24) is 0 Å². The summed E-state index contributed by atoms with van der Waals surface area (Å²) in [5.74, 6) is 0. The number of rotatable bonds is 4. The van der Waals surface area contributed by atoms with Crippen molar-refractivity contribution >= 4 is 22.7 Å². The van der Waals surface area contributed by atoms with Gasteiger partial charge in [-0.25, -0.2) is 0 Å². The molecule has 120 valence electrons. The molecule has 3 aromatic carbocycles. The second kappa shape index (κ2) is 7.51. The third kappa shape index (κ3) is 3.44. The zero-order valence-corrected chi connectivity index (χ0v) is 14.8. The number of aryl methyl sites for hydroxylation is 1. The Morgan fingerprint density at radius 3 is 1.96 bits per heavy atom. The second-order valence-corrected chi connectivity index (χ2v) is 6.33. The van der Waals surface area contributed by atoms with Crippen LogP contribution in [0.15, 0.2) is 78.9 Å². The lowest BCUT2D eigenvalue weighted by Crippen LogP contribution is -1.96. The van der Waals surface area contributed by atoms with E-state index in [2.05, 4.69) is 80.6 Å². The van der Waals surface area contributed by atoms with Gasteiger partial charge in [-0.2, -0.15) is 0 Å². The van der Waals surface area contributed by atoms with E-state index in [-0.39, 0.29) is 0 Å². The first kappa shape index (κ1) is 16.5. The van der Waals surface area contributed by atoms with Gasteiger partial charge in [0, 0.05) is 5.02 Å². The van der Waals surface area contributed by atoms with E-state index < -0.39 is 0 Å². The third-order valence-electron chi connectivity index (χ3n) is 4.32. The van der Waals surface area contributed by atoms with Crippen molar-refractivity contribution in [2.75, 3.05) is 0 Å². The van der Waals surface area contributed by atoms with E-state index in [9.17, 15) is 0 Å². The third-order valence-corrected chi connectivity index (χ3v) is 4.57. The van der Waals surface area contributed by atoms with Crippen molar-refractivity contribution in [2.24, 2.45) is 0 Å². The maximum atomic E-state index is 6.10. The van der Waals surface area contributed by atoms with Gasteiger partial charge in [-0.3, -0.25) is 0 Å². The fourth-order valence-corrected chi connectivity index (χ4v) is 3.28. The summed E-state index contributed by atoms with van der Waals surface area (Å²) in [6.07, 6.45) is 0.970. The van der Waals surface area contributed by atoms with Gasteiger partial charge in [0.1, 0.15) is 0 Å². The first-order valence-electron chi connectivity index (χ1n) is 8.31. The molecule has 0 radical (unpaired) electrons. The highest BCUT2D eigenvalue weighted by Gasteiger charge is 2.14. The summed E-state index contributed by atoms with van der Waals surface area (Å²) >= 11 is 6.10. The van der Waals surface area contributed by atoms with Crippen molar-refractivity contribution in [3.05, 3.63) is 106 Å². The van der Waals surface area contributed by atoms with Gasteiger partial charge >= 0.3 is 0 Å². The Balaban J connectivity index is 2.30. The molecule has 0 aliphatic carbocycles. The van der Waals surface area contributed by atoms with E-state index in [0.717, 1.165) is 11.4 Å². The fourth-order valence-electron chi connectivity index (χ4n) is 3.15. The van der Waals surface area contributed by atoms with Gasteiger partial charge in [0.2, 0.25) is 0 Å². The van der Waals surface area contributed by atoms with Crippen LogP contribution in [-0.2, 0) is 0 Å². The molecule has 0 nitrogen and oxygen atoms in total. The lowest BCUT2D eigenvalue weighted by atomic mass is 9.87. The highest BCUT2D eigenvalue weighted by Crippen LogP contribution is 2.35. The maximum Gasteiger partial charge on any atom is 0.0406 e. The largest absolute Gasteiger partial charge is 0.0843 e. The van der Waals surface area contributed by atoms with Crippen LogP contribution in [0, 0.1) is 6.92 Å². The Labute approximate surface area is 149 Å². The van der Waals surface area contributed by atoms with Gasteiger partial charge in [-0.1, -0.05) is 85.3 Å². The molecular weight excluding hydrogens is 312 g/mol. The van der Waals surface area contributed by atoms with Gasteiger partial charge in [-0.15, -0.1) is 0 Å². The molecule has 0 saturated heterocycles. The molecule has 0 bridgehead atoms. The highest BCUT2D eigenvalue weighted by atomic mass is 35.5. The maximum absolute atomic E-state index is 6.10. The van der Waals surface area contributed by atoms with E-state index in [4.69, 9.17) is 11.6 Å². The highest BCUT2D eigenvalue weighted by molar-refractivity contribution is 6.30. The summed E-state index contributed by atoms with van der Waals surface area (Å²) in [7, 11) is 0. The molecule has 0 atom stereocenters. The van der Waals surface area contributed by atoms with Crippen molar-refractivity contribution < 1.29 is 0 Å². The van der Waals surface area contributed by atoms with Crippen LogP contribution in [-0.4, -0.2) is 0 Å². The van der Waals surface area contributed by atoms with Crippen molar-refractivity contribution in [3.63, 3.8) is 0 Å². The average Bonchev–Trinajstić information content (AvgIpc) is 2.62. The molecule has 0 saturated carbocycles. The molecule has 24 heavy (non-hydrogen) atoms. The van der Waals surface area contributed by atoms with Crippen LogP contribution in [0.4, 0.5) is 0 Å². The van der Waals surface area contributed by atoms with Gasteiger partial charge in [0.15, 0.2) is 0 Å². The molecule has 1 heteroatoms. The van der Waals surface area contributed by atoms with Crippen LogP contribution in [0.5, 0.6) is 0 Å². The molecule has 0 aliphatic rings. The summed E-state index contributed by atoms with van der Waals surface area (Å²) in [4.78, 5) is 0. The van der Waals surface area contributed by atoms with Crippen LogP contribution in [0.3, 0.4) is 0 Å². The summed E-state index contributed by atoms with van der Waals surface area (Å²) in [5.41, 5.74) is 7.70. The van der Waals surface area contributed by atoms with E-state index in [1.807, 2.05) is 12.1 Å². The zero-order chi connectivity index (χ0) is 16.9. The Kier molecular flexibility index (Phi) is 5.17. The number of benzene rings is 3. The molecular formula is C23H21Cl. The Morgan fingerprint density at radius 2 is 1.33 bits per heavy atom. The van der Waals surface area contributed by atoms with Gasteiger partial charge in [0.05, 0.1) is 0 Å². The van der Waals surface area contributed by atoms with E-state index in [1.165, 1.54) is 33.4 Å². The standard InChI is InChI=1S/C23H21Cl/c1-3-21(22-12-8-7-9-17(22)2)23(18-10-5-4-6-11-18)19-13-15-20(24)16-14-19/h4-16H,3H2,1-2H3/b23-21-. The monoisotopic (exact) mass is 332 g/mol. The van der Waals surface area contributed by atoms with Crippen LogP contribution in [0.2, 0.25) is 5.02 Å². The molecule has 3 aromatic rings. The normalized spacial score (nSPS) is 12.0. The van der Waals surface area contributed by atoms with Crippen LogP contribution in [0.25, 0.3) is 11.1 Å². The van der Waals surface area contributed by atoms with Crippen LogP contribution in [0.1, 0.15) is 35.6 Å². The quantitative estimate of drug-likeness (QED) is 0.450. The molecule has 0 aromatic heterocycles. The number of hydrogen-bond donors (Lipinski definition) is 0. The number of hydrogen-bond acceptors (Lipinski definition) is 0. The van der Waals surface area contributed by atoms with Crippen LogP contribution >= 0.6 is 11.6 Å². The lowest BCUT2D eigenvalue weighted by Gasteiger charge is -2.18. The molecule has 0 aliphatic heterocycles. The van der Waals surface area contributed by atoms with Crippen molar-refractivity contribution in [1.29, 1.82) is 0 Å². The Hall–Kier alpha value is -2.31. The van der Waals surface area contributed by atoms with Gasteiger partial charge in [0.25, 0.3) is 0 Å². The number of halogens is 1. The Morgan fingerprint density at radius 1 is 0.750 bits per heavy atom. The van der Waals surface area contributed by atoms with Crippen LogP contribution < -0.4 is 0 Å². The summed E-state index contributed by atoms with van der Waals surface area (Å²) in [5, 5.41) is 0.764. The summed E-state index contributed by atoms with van der Waals surface area (Å²) in [6, 6.07) is 27.3. The predicted octanol–water partition coefficient (Wildman–Crippen LogP) is 7.02. The van der Waals surface area contributed by atoms with Crippen molar-refractivity contribution in [2.45, 2.75) is 20.3 Å². The summed E-state index contributed by atoms with van der Waals surface area (Å²) < 4.78 is 0. The van der Waals surface area contributed by atoms with E-state index in [1.54, 1.807) is 0 Å². The molecule has 0 spiro atoms. The molecule has 0 heterocycles. The topological polar surface area (TPSA) is 0 Å². The SMILES string of the molecule is CC/C(=C(\c1ccccc1)c1ccc(Cl)cc1)c1ccccc1C. The van der Waals surface area contributed by atoms with Gasteiger partial charge < -0.3 is 0 Å². The van der Waals surface area contributed by atoms with E-state index in [0.29, 0.717) is 0 Å². The number of allylic oxidation sites excluding steroid dienone is 1. The molecule has 0 N–H and O–H groups in total. The minimum Gasteiger partial charge on any atom is -0.0843 e. The molecule has 3 rings (SSSR count). The molecule has 0 fully saturated rings. The summed E-state index contributed by atoms with van der Waals surface area (Å²) in [6.45, 7) is 4.40. The first-order valence-corrected chi connectivity index (χ1v) is 8.69. The minimum absolute atomic E-state index is 0.764. The van der Waals surface area contributed by atoms with E-state index >= 15 is 0 Å².